The van der Waals surface area contributed by atoms with E-state index in [0.717, 1.165) is 11.4 Å². The van der Waals surface area contributed by atoms with E-state index < -0.39 is 0 Å². The van der Waals surface area contributed by atoms with Crippen LogP contribution in [-0.4, -0.2) is 67.1 Å². The second kappa shape index (κ2) is 9.99. The van der Waals surface area contributed by atoms with Gasteiger partial charge in [-0.25, -0.2) is 9.97 Å². The molecule has 3 aromatic rings. The fourth-order valence-electron chi connectivity index (χ4n) is 3.70. The monoisotopic (exact) mass is 447 g/mol. The zero-order valence-corrected chi connectivity index (χ0v) is 18.5. The van der Waals surface area contributed by atoms with Crippen LogP contribution in [0.5, 0.6) is 11.5 Å². The van der Waals surface area contributed by atoms with Crippen molar-refractivity contribution in [1.82, 2.24) is 14.9 Å². The molecule has 0 bridgehead atoms. The van der Waals surface area contributed by atoms with Gasteiger partial charge in [0.25, 0.3) is 11.8 Å². The van der Waals surface area contributed by atoms with E-state index in [0.29, 0.717) is 37.5 Å². The molecule has 33 heavy (non-hydrogen) atoms. The molecule has 0 unspecified atom stereocenters. The van der Waals surface area contributed by atoms with Crippen LogP contribution in [0.1, 0.15) is 20.8 Å². The first-order chi connectivity index (χ1) is 16.1. The number of carbonyl (C=O) groups excluding carboxylic acids is 2. The van der Waals surface area contributed by atoms with Crippen LogP contribution in [-0.2, 0) is 0 Å². The average molecular weight is 447 g/mol. The summed E-state index contributed by atoms with van der Waals surface area (Å²) >= 11 is 0. The van der Waals surface area contributed by atoms with E-state index >= 15 is 0 Å². The Morgan fingerprint density at radius 1 is 0.879 bits per heavy atom. The summed E-state index contributed by atoms with van der Waals surface area (Å²) in [5, 5.41) is 2.71. The number of para-hydroxylation sites is 2. The molecule has 1 aliphatic heterocycles. The van der Waals surface area contributed by atoms with Crippen LogP contribution in [0.15, 0.2) is 60.9 Å². The smallest absolute Gasteiger partial charge is 0.276 e. The van der Waals surface area contributed by atoms with Gasteiger partial charge in [0.15, 0.2) is 11.5 Å². The topological polar surface area (TPSA) is 96.9 Å². The molecule has 9 heteroatoms. The highest BCUT2D eigenvalue weighted by Crippen LogP contribution is 2.28. The van der Waals surface area contributed by atoms with Gasteiger partial charge in [0.1, 0.15) is 11.5 Å². The van der Waals surface area contributed by atoms with E-state index in [1.807, 2.05) is 24.3 Å². The molecule has 170 valence electrons. The highest BCUT2D eigenvalue weighted by Gasteiger charge is 2.27. The lowest BCUT2D eigenvalue weighted by Gasteiger charge is -2.36. The van der Waals surface area contributed by atoms with Crippen molar-refractivity contribution in [3.63, 3.8) is 0 Å². The molecule has 9 nitrogen and oxygen atoms in total. The molecule has 4 rings (SSSR count). The van der Waals surface area contributed by atoms with Gasteiger partial charge in [0.05, 0.1) is 19.9 Å². The number of carbonyl (C=O) groups is 2. The SMILES string of the molecule is COc1ccc(C(=O)Nc2nccnc2C(=O)N2CCN(c3ccccc3OC)CC2)cc1. The number of nitrogens with one attached hydrogen (secondary N) is 1. The Morgan fingerprint density at radius 2 is 1.58 bits per heavy atom. The minimum Gasteiger partial charge on any atom is -0.497 e. The highest BCUT2D eigenvalue weighted by atomic mass is 16.5. The lowest BCUT2D eigenvalue weighted by molar-refractivity contribution is 0.0741. The number of benzene rings is 2. The fourth-order valence-corrected chi connectivity index (χ4v) is 3.70. The maximum atomic E-state index is 13.2. The highest BCUT2D eigenvalue weighted by molar-refractivity contribution is 6.07. The number of hydrogen-bond donors (Lipinski definition) is 1. The molecule has 1 aromatic heterocycles. The molecular weight excluding hydrogens is 422 g/mol. The Kier molecular flexibility index (Phi) is 6.68. The summed E-state index contributed by atoms with van der Waals surface area (Å²) in [5.41, 5.74) is 1.54. The number of ether oxygens (including phenoxy) is 2. The minimum atomic E-state index is -0.381. The maximum absolute atomic E-state index is 13.2. The van der Waals surface area contributed by atoms with Crippen molar-refractivity contribution < 1.29 is 19.1 Å². The van der Waals surface area contributed by atoms with Gasteiger partial charge < -0.3 is 24.6 Å². The predicted molar refractivity (Wildman–Crippen MR) is 124 cm³/mol. The van der Waals surface area contributed by atoms with E-state index in [4.69, 9.17) is 9.47 Å². The van der Waals surface area contributed by atoms with Gasteiger partial charge in [0.2, 0.25) is 0 Å². The van der Waals surface area contributed by atoms with Crippen molar-refractivity contribution >= 4 is 23.3 Å². The van der Waals surface area contributed by atoms with Gasteiger partial charge in [-0.1, -0.05) is 12.1 Å². The van der Waals surface area contributed by atoms with Gasteiger partial charge in [-0.15, -0.1) is 0 Å². The van der Waals surface area contributed by atoms with E-state index in [-0.39, 0.29) is 23.3 Å². The molecule has 0 saturated carbocycles. The van der Waals surface area contributed by atoms with E-state index in [1.54, 1.807) is 43.4 Å². The first kappa shape index (κ1) is 22.1. The summed E-state index contributed by atoms with van der Waals surface area (Å²) in [6.07, 6.45) is 2.89. The van der Waals surface area contributed by atoms with Gasteiger partial charge in [-0.3, -0.25) is 9.59 Å². The quantitative estimate of drug-likeness (QED) is 0.621. The van der Waals surface area contributed by atoms with Crippen LogP contribution in [0, 0.1) is 0 Å². The number of amides is 2. The molecule has 0 spiro atoms. The second-order valence-electron chi connectivity index (χ2n) is 7.39. The molecular formula is C24H25N5O4. The first-order valence-corrected chi connectivity index (χ1v) is 10.5. The predicted octanol–water partition coefficient (Wildman–Crippen LogP) is 2.71. The van der Waals surface area contributed by atoms with Gasteiger partial charge in [-0.2, -0.15) is 0 Å². The molecule has 1 saturated heterocycles. The molecule has 0 atom stereocenters. The van der Waals surface area contributed by atoms with E-state index in [9.17, 15) is 9.59 Å². The summed E-state index contributed by atoms with van der Waals surface area (Å²) in [6, 6.07) is 14.5. The van der Waals surface area contributed by atoms with Gasteiger partial charge >= 0.3 is 0 Å². The third-order valence-corrected chi connectivity index (χ3v) is 5.48. The minimum absolute atomic E-state index is 0.116. The van der Waals surface area contributed by atoms with Crippen molar-refractivity contribution in [3.8, 4) is 11.5 Å². The van der Waals surface area contributed by atoms with Crippen LogP contribution in [0.2, 0.25) is 0 Å². The van der Waals surface area contributed by atoms with Crippen molar-refractivity contribution in [2.75, 3.05) is 50.6 Å². The number of aromatic nitrogens is 2. The molecule has 1 fully saturated rings. The first-order valence-electron chi connectivity index (χ1n) is 10.5. The normalized spacial score (nSPS) is 13.4. The van der Waals surface area contributed by atoms with Crippen molar-refractivity contribution in [3.05, 3.63) is 72.2 Å². The van der Waals surface area contributed by atoms with Gasteiger partial charge in [0, 0.05) is 44.1 Å². The van der Waals surface area contributed by atoms with E-state index in [2.05, 4.69) is 20.2 Å². The van der Waals surface area contributed by atoms with Crippen LogP contribution in [0.25, 0.3) is 0 Å². The number of hydrogen-bond acceptors (Lipinski definition) is 7. The largest absolute Gasteiger partial charge is 0.497 e. The Hall–Kier alpha value is -4.14. The third-order valence-electron chi connectivity index (χ3n) is 5.48. The Labute approximate surface area is 192 Å². The zero-order chi connectivity index (χ0) is 23.2. The van der Waals surface area contributed by atoms with Crippen LogP contribution < -0.4 is 19.7 Å². The lowest BCUT2D eigenvalue weighted by atomic mass is 10.2. The summed E-state index contributed by atoms with van der Waals surface area (Å²) < 4.78 is 10.6. The summed E-state index contributed by atoms with van der Waals surface area (Å²) in [5.74, 6) is 0.931. The molecule has 1 aliphatic rings. The number of anilines is 2. The van der Waals surface area contributed by atoms with Crippen LogP contribution in [0.3, 0.4) is 0 Å². The Morgan fingerprint density at radius 3 is 2.27 bits per heavy atom. The summed E-state index contributed by atoms with van der Waals surface area (Å²) in [4.78, 5) is 38.2. The molecule has 2 aromatic carbocycles. The molecule has 0 radical (unpaired) electrons. The molecule has 2 amide bonds. The zero-order valence-electron chi connectivity index (χ0n) is 18.5. The van der Waals surface area contributed by atoms with Crippen molar-refractivity contribution in [2.45, 2.75) is 0 Å². The second-order valence-corrected chi connectivity index (χ2v) is 7.39. The lowest BCUT2D eigenvalue weighted by Crippen LogP contribution is -2.49. The van der Waals surface area contributed by atoms with Gasteiger partial charge in [-0.05, 0) is 36.4 Å². The fraction of sp³-hybridized carbons (Fsp3) is 0.250. The molecule has 1 N–H and O–H groups in total. The van der Waals surface area contributed by atoms with E-state index in [1.165, 1.54) is 12.4 Å². The number of methoxy groups -OCH3 is 2. The average Bonchev–Trinajstić information content (AvgIpc) is 2.88. The summed E-state index contributed by atoms with van der Waals surface area (Å²) in [6.45, 7) is 2.33. The Balaban J connectivity index is 1.44. The Bertz CT molecular complexity index is 1130. The molecule has 0 aliphatic carbocycles. The number of nitrogens with zero attached hydrogens (tertiary/aromatic N) is 4. The number of rotatable bonds is 6. The van der Waals surface area contributed by atoms with Crippen molar-refractivity contribution in [1.29, 1.82) is 0 Å². The number of piperazine rings is 1. The van der Waals surface area contributed by atoms with Crippen molar-refractivity contribution in [2.24, 2.45) is 0 Å². The molecule has 2 heterocycles. The third kappa shape index (κ3) is 4.87. The standard InChI is InChI=1S/C24H25N5O4/c1-32-18-9-7-17(8-10-18)23(30)27-22-21(25-11-12-26-22)24(31)29-15-13-28(14-16-29)19-5-3-4-6-20(19)33-2/h3-12H,13-16H2,1-2H3,(H,26,27,30). The summed E-state index contributed by atoms with van der Waals surface area (Å²) in [7, 11) is 3.21. The maximum Gasteiger partial charge on any atom is 0.276 e. The van der Waals surface area contributed by atoms with Crippen LogP contribution >= 0.6 is 0 Å². The van der Waals surface area contributed by atoms with Crippen LogP contribution in [0.4, 0.5) is 11.5 Å².